The van der Waals surface area contributed by atoms with Crippen LogP contribution in [0.1, 0.15) is 23.7 Å². The smallest absolute Gasteiger partial charge is 0.339 e. The van der Waals surface area contributed by atoms with Crippen LogP contribution in [-0.2, 0) is 0 Å². The molecular formula is C11H15ClN2O3. The average molecular weight is 259 g/mol. The van der Waals surface area contributed by atoms with E-state index in [0.29, 0.717) is 18.8 Å². The largest absolute Gasteiger partial charge is 0.478 e. The number of hydrogen-bond acceptors (Lipinski definition) is 4. The summed E-state index contributed by atoms with van der Waals surface area (Å²) in [5.74, 6) is -0.737. The molecule has 1 heterocycles. The number of nitrogens with zero attached hydrogens (tertiary/aromatic N) is 2. The molecule has 0 radical (unpaired) electrons. The number of aliphatic hydroxyl groups excluding tert-OH is 1. The fourth-order valence-electron chi connectivity index (χ4n) is 1.37. The van der Waals surface area contributed by atoms with Gasteiger partial charge in [-0.25, -0.2) is 9.78 Å². The van der Waals surface area contributed by atoms with E-state index in [1.807, 2.05) is 0 Å². The minimum absolute atomic E-state index is 0.0995. The van der Waals surface area contributed by atoms with Gasteiger partial charge in [0.2, 0.25) is 0 Å². The second-order valence-electron chi connectivity index (χ2n) is 3.87. The molecule has 0 bridgehead atoms. The van der Waals surface area contributed by atoms with Crippen molar-refractivity contribution in [2.24, 2.45) is 0 Å². The number of carboxylic acid groups (broad SMARTS) is 1. The van der Waals surface area contributed by atoms with Gasteiger partial charge in [0.25, 0.3) is 0 Å². The molecule has 1 aromatic heterocycles. The minimum Gasteiger partial charge on any atom is -0.478 e. The first-order chi connectivity index (χ1) is 7.91. The molecule has 0 saturated heterocycles. The van der Waals surface area contributed by atoms with Crippen molar-refractivity contribution in [1.82, 2.24) is 4.98 Å². The van der Waals surface area contributed by atoms with E-state index >= 15 is 0 Å². The van der Waals surface area contributed by atoms with Gasteiger partial charge in [0, 0.05) is 13.6 Å². The maximum atomic E-state index is 11.0. The molecule has 1 unspecified atom stereocenters. The fraction of sp³-hybridized carbons (Fsp3) is 0.455. The lowest BCUT2D eigenvalue weighted by molar-refractivity contribution is 0.0697. The van der Waals surface area contributed by atoms with Gasteiger partial charge in [0.15, 0.2) is 0 Å². The number of halogens is 1. The molecule has 0 spiro atoms. The normalized spacial score (nSPS) is 12.2. The first-order valence-electron chi connectivity index (χ1n) is 5.21. The van der Waals surface area contributed by atoms with Crippen LogP contribution in [0.2, 0.25) is 5.15 Å². The Bertz CT molecular complexity index is 410. The van der Waals surface area contributed by atoms with Gasteiger partial charge in [-0.2, -0.15) is 0 Å². The highest BCUT2D eigenvalue weighted by atomic mass is 35.5. The summed E-state index contributed by atoms with van der Waals surface area (Å²) < 4.78 is 0. The van der Waals surface area contributed by atoms with Gasteiger partial charge < -0.3 is 15.1 Å². The molecule has 1 rings (SSSR count). The minimum atomic E-state index is -1.05. The summed E-state index contributed by atoms with van der Waals surface area (Å²) in [6.07, 6.45) is 0.0916. The zero-order valence-electron chi connectivity index (χ0n) is 9.72. The van der Waals surface area contributed by atoms with Crippen molar-refractivity contribution in [3.05, 3.63) is 22.8 Å². The maximum absolute atomic E-state index is 11.0. The zero-order chi connectivity index (χ0) is 13.0. The van der Waals surface area contributed by atoms with Gasteiger partial charge in [-0.3, -0.25) is 0 Å². The molecule has 0 aliphatic heterocycles. The van der Waals surface area contributed by atoms with Crippen molar-refractivity contribution in [2.45, 2.75) is 19.4 Å². The van der Waals surface area contributed by atoms with E-state index in [4.69, 9.17) is 16.7 Å². The Morgan fingerprint density at radius 2 is 2.24 bits per heavy atom. The molecule has 0 aliphatic rings. The summed E-state index contributed by atoms with van der Waals surface area (Å²) in [5.41, 5.74) is 0.0995. The summed E-state index contributed by atoms with van der Waals surface area (Å²) in [5, 5.41) is 18.5. The summed E-state index contributed by atoms with van der Waals surface area (Å²) in [4.78, 5) is 16.7. The summed E-state index contributed by atoms with van der Waals surface area (Å²) in [7, 11) is 1.72. The fourth-order valence-corrected chi connectivity index (χ4v) is 1.51. The van der Waals surface area contributed by atoms with Crippen molar-refractivity contribution in [1.29, 1.82) is 0 Å². The Morgan fingerprint density at radius 1 is 1.59 bits per heavy atom. The number of pyridine rings is 1. The predicted molar refractivity (Wildman–Crippen MR) is 65.8 cm³/mol. The predicted octanol–water partition coefficient (Wildman–Crippen LogP) is 1.64. The molecule has 1 atom stereocenters. The van der Waals surface area contributed by atoms with Crippen molar-refractivity contribution in [3.63, 3.8) is 0 Å². The molecule has 6 heteroatoms. The highest BCUT2D eigenvalue weighted by Crippen LogP contribution is 2.20. The van der Waals surface area contributed by atoms with Gasteiger partial charge in [0.1, 0.15) is 16.5 Å². The highest BCUT2D eigenvalue weighted by molar-refractivity contribution is 6.29. The van der Waals surface area contributed by atoms with Crippen molar-refractivity contribution in [3.8, 4) is 0 Å². The molecule has 5 nitrogen and oxygen atoms in total. The van der Waals surface area contributed by atoms with Crippen molar-refractivity contribution >= 4 is 23.4 Å². The zero-order valence-corrected chi connectivity index (χ0v) is 10.5. The lowest BCUT2D eigenvalue weighted by atomic mass is 10.2. The summed E-state index contributed by atoms with van der Waals surface area (Å²) >= 11 is 5.75. The number of anilines is 1. The first kappa shape index (κ1) is 13.7. The number of carboxylic acids is 1. The van der Waals surface area contributed by atoms with Gasteiger partial charge in [-0.05, 0) is 25.5 Å². The Labute approximate surface area is 105 Å². The van der Waals surface area contributed by atoms with E-state index in [9.17, 15) is 9.90 Å². The number of rotatable bonds is 5. The summed E-state index contributed by atoms with van der Waals surface area (Å²) in [6, 6.07) is 2.86. The maximum Gasteiger partial charge on any atom is 0.339 e. The van der Waals surface area contributed by atoms with E-state index in [1.54, 1.807) is 18.9 Å². The molecule has 0 saturated carbocycles. The number of hydrogen-bond donors (Lipinski definition) is 2. The number of aromatic carboxylic acids is 1. The molecule has 0 amide bonds. The van der Waals surface area contributed by atoms with Crippen LogP contribution in [0, 0.1) is 0 Å². The SMILES string of the molecule is CC(O)CCN(C)c1nc(Cl)ccc1C(=O)O. The third kappa shape index (κ3) is 3.87. The second-order valence-corrected chi connectivity index (χ2v) is 4.26. The third-order valence-corrected chi connectivity index (χ3v) is 2.53. The third-order valence-electron chi connectivity index (χ3n) is 2.32. The van der Waals surface area contributed by atoms with E-state index in [1.165, 1.54) is 12.1 Å². The standard InChI is InChI=1S/C11H15ClN2O3/c1-7(15)5-6-14(2)10-8(11(16)17)3-4-9(12)13-10/h3-4,7,15H,5-6H2,1-2H3,(H,16,17). The first-order valence-corrected chi connectivity index (χ1v) is 5.58. The van der Waals surface area contributed by atoms with Crippen LogP contribution in [0.15, 0.2) is 12.1 Å². The molecule has 0 fully saturated rings. The molecule has 1 aromatic rings. The van der Waals surface area contributed by atoms with Crippen LogP contribution < -0.4 is 4.90 Å². The van der Waals surface area contributed by atoms with E-state index in [0.717, 1.165) is 0 Å². The van der Waals surface area contributed by atoms with Crippen LogP contribution >= 0.6 is 11.6 Å². The van der Waals surface area contributed by atoms with Gasteiger partial charge in [0.05, 0.1) is 6.10 Å². The Kier molecular flexibility index (Phi) is 4.72. The molecule has 0 aliphatic carbocycles. The topological polar surface area (TPSA) is 73.7 Å². The second kappa shape index (κ2) is 5.84. The van der Waals surface area contributed by atoms with Gasteiger partial charge in [-0.1, -0.05) is 11.6 Å². The Hall–Kier alpha value is -1.33. The molecule has 17 heavy (non-hydrogen) atoms. The van der Waals surface area contributed by atoms with Crippen molar-refractivity contribution < 1.29 is 15.0 Å². The van der Waals surface area contributed by atoms with Crippen LogP contribution in [0.5, 0.6) is 0 Å². The lowest BCUT2D eigenvalue weighted by Crippen LogP contribution is -2.25. The van der Waals surface area contributed by atoms with Gasteiger partial charge in [-0.15, -0.1) is 0 Å². The Morgan fingerprint density at radius 3 is 2.76 bits per heavy atom. The Balaban J connectivity index is 2.94. The van der Waals surface area contributed by atoms with Gasteiger partial charge >= 0.3 is 5.97 Å². The quantitative estimate of drug-likeness (QED) is 0.786. The lowest BCUT2D eigenvalue weighted by Gasteiger charge is -2.20. The molecule has 94 valence electrons. The highest BCUT2D eigenvalue weighted by Gasteiger charge is 2.15. The van der Waals surface area contributed by atoms with E-state index < -0.39 is 12.1 Å². The van der Waals surface area contributed by atoms with Crippen LogP contribution in [-0.4, -0.2) is 40.9 Å². The number of aromatic nitrogens is 1. The molecular weight excluding hydrogens is 244 g/mol. The molecule has 2 N–H and O–H groups in total. The average Bonchev–Trinajstić information content (AvgIpc) is 2.25. The van der Waals surface area contributed by atoms with Crippen molar-refractivity contribution in [2.75, 3.05) is 18.5 Å². The monoisotopic (exact) mass is 258 g/mol. The van der Waals surface area contributed by atoms with Crippen LogP contribution in [0.4, 0.5) is 5.82 Å². The van der Waals surface area contributed by atoms with E-state index in [2.05, 4.69) is 4.98 Å². The van der Waals surface area contributed by atoms with Crippen LogP contribution in [0.25, 0.3) is 0 Å². The summed E-state index contributed by atoms with van der Waals surface area (Å²) in [6.45, 7) is 2.18. The molecule has 0 aromatic carbocycles. The van der Waals surface area contributed by atoms with Crippen LogP contribution in [0.3, 0.4) is 0 Å². The van der Waals surface area contributed by atoms with E-state index in [-0.39, 0.29) is 10.7 Å². The number of carbonyl (C=O) groups is 1. The number of aliphatic hydroxyl groups is 1.